The average Bonchev–Trinajstić information content (AvgIpc) is 3.38. The number of carbonyl (C=O) groups is 2. The van der Waals surface area contributed by atoms with E-state index in [2.05, 4.69) is 17.6 Å². The van der Waals surface area contributed by atoms with Gasteiger partial charge in [-0.25, -0.2) is 0 Å². The van der Waals surface area contributed by atoms with Gasteiger partial charge in [0.2, 0.25) is 0 Å². The predicted molar refractivity (Wildman–Crippen MR) is 113 cm³/mol. The van der Waals surface area contributed by atoms with Gasteiger partial charge in [0, 0.05) is 28.8 Å². The first kappa shape index (κ1) is 18.6. The van der Waals surface area contributed by atoms with Crippen LogP contribution < -0.4 is 10.6 Å². The second-order valence-corrected chi connectivity index (χ2v) is 6.71. The lowest BCUT2D eigenvalue weighted by Crippen LogP contribution is -2.17. The number of amides is 2. The number of anilines is 2. The summed E-state index contributed by atoms with van der Waals surface area (Å²) >= 11 is 0. The zero-order valence-electron chi connectivity index (χ0n) is 16.0. The van der Waals surface area contributed by atoms with E-state index in [1.54, 1.807) is 12.1 Å². The highest BCUT2D eigenvalue weighted by atomic mass is 16.3. The van der Waals surface area contributed by atoms with Gasteiger partial charge in [-0.15, -0.1) is 0 Å². The fraction of sp³-hybridized carbons (Fsp3) is 0.130. The summed E-state index contributed by atoms with van der Waals surface area (Å²) in [6.45, 7) is 2.79. The lowest BCUT2D eigenvalue weighted by molar-refractivity contribution is 0.0994. The lowest BCUT2D eigenvalue weighted by atomic mass is 10.2. The number of hydrogen-bond acceptors (Lipinski definition) is 3. The molecule has 146 valence electrons. The molecule has 0 fully saturated rings. The summed E-state index contributed by atoms with van der Waals surface area (Å²) in [5.74, 6) is -0.233. The van der Waals surface area contributed by atoms with Gasteiger partial charge in [-0.05, 0) is 55.0 Å². The second kappa shape index (κ2) is 8.06. The Bertz CT molecular complexity index is 1150. The van der Waals surface area contributed by atoms with E-state index in [0.29, 0.717) is 11.4 Å². The van der Waals surface area contributed by atoms with Gasteiger partial charge < -0.3 is 19.6 Å². The van der Waals surface area contributed by atoms with Gasteiger partial charge in [-0.1, -0.05) is 25.1 Å². The van der Waals surface area contributed by atoms with E-state index in [9.17, 15) is 9.59 Å². The van der Waals surface area contributed by atoms with Crippen molar-refractivity contribution in [1.29, 1.82) is 0 Å². The number of furan rings is 1. The number of nitrogens with zero attached hydrogens (tertiary/aromatic N) is 1. The molecule has 0 saturated carbocycles. The van der Waals surface area contributed by atoms with Crippen LogP contribution in [0.25, 0.3) is 10.9 Å². The molecule has 6 heteroatoms. The Morgan fingerprint density at radius 1 is 0.897 bits per heavy atom. The highest BCUT2D eigenvalue weighted by Gasteiger charge is 2.16. The van der Waals surface area contributed by atoms with E-state index < -0.39 is 0 Å². The molecule has 2 heterocycles. The molecular formula is C23H21N3O3. The molecule has 4 rings (SSSR count). The lowest BCUT2D eigenvalue weighted by Gasteiger charge is -2.10. The van der Waals surface area contributed by atoms with E-state index in [1.807, 2.05) is 59.2 Å². The van der Waals surface area contributed by atoms with Crippen molar-refractivity contribution in [1.82, 2.24) is 4.57 Å². The van der Waals surface area contributed by atoms with Crippen molar-refractivity contribution in [3.8, 4) is 0 Å². The Morgan fingerprint density at radius 2 is 1.69 bits per heavy atom. The van der Waals surface area contributed by atoms with E-state index >= 15 is 0 Å². The number of fused-ring (bicyclic) bond motifs is 1. The highest BCUT2D eigenvalue weighted by molar-refractivity contribution is 6.07. The number of benzene rings is 2. The minimum absolute atomic E-state index is 0.165. The Balaban J connectivity index is 1.64. The molecule has 0 radical (unpaired) electrons. The Kier molecular flexibility index (Phi) is 5.16. The number of aromatic nitrogens is 1. The molecule has 6 nitrogen and oxygen atoms in total. The molecular weight excluding hydrogens is 366 g/mol. The van der Waals surface area contributed by atoms with Gasteiger partial charge in [0.15, 0.2) is 5.76 Å². The summed E-state index contributed by atoms with van der Waals surface area (Å²) in [4.78, 5) is 25.1. The van der Waals surface area contributed by atoms with E-state index in [1.165, 1.54) is 6.26 Å². The van der Waals surface area contributed by atoms with Gasteiger partial charge in [0.05, 0.1) is 6.26 Å². The first-order valence-corrected chi connectivity index (χ1v) is 9.50. The number of carbonyl (C=O) groups excluding carboxylic acids is 2. The largest absolute Gasteiger partial charge is 0.459 e. The van der Waals surface area contributed by atoms with Crippen molar-refractivity contribution in [3.63, 3.8) is 0 Å². The number of nitrogens with one attached hydrogen (secondary N) is 2. The van der Waals surface area contributed by atoms with Crippen LogP contribution in [0.5, 0.6) is 0 Å². The quantitative estimate of drug-likeness (QED) is 0.480. The predicted octanol–water partition coefficient (Wildman–Crippen LogP) is 5.15. The van der Waals surface area contributed by atoms with Crippen LogP contribution in [-0.4, -0.2) is 16.4 Å². The maximum atomic E-state index is 12.9. The fourth-order valence-electron chi connectivity index (χ4n) is 3.32. The molecule has 0 unspecified atom stereocenters. The molecule has 4 aromatic rings. The topological polar surface area (TPSA) is 76.3 Å². The normalized spacial score (nSPS) is 10.8. The first-order chi connectivity index (χ1) is 14.2. The van der Waals surface area contributed by atoms with E-state index in [-0.39, 0.29) is 17.6 Å². The maximum Gasteiger partial charge on any atom is 0.291 e. The van der Waals surface area contributed by atoms with Crippen molar-refractivity contribution < 1.29 is 14.0 Å². The van der Waals surface area contributed by atoms with Gasteiger partial charge >= 0.3 is 0 Å². The first-order valence-electron chi connectivity index (χ1n) is 9.50. The molecule has 2 N–H and O–H groups in total. The number of para-hydroxylation sites is 1. The fourth-order valence-corrected chi connectivity index (χ4v) is 3.32. The second-order valence-electron chi connectivity index (χ2n) is 6.71. The van der Waals surface area contributed by atoms with Crippen LogP contribution in [0.4, 0.5) is 11.4 Å². The molecule has 0 saturated heterocycles. The van der Waals surface area contributed by atoms with Crippen molar-refractivity contribution in [3.05, 3.63) is 84.4 Å². The molecule has 0 spiro atoms. The van der Waals surface area contributed by atoms with Gasteiger partial charge in [-0.3, -0.25) is 9.59 Å². The highest BCUT2D eigenvalue weighted by Crippen LogP contribution is 2.25. The monoisotopic (exact) mass is 387 g/mol. The van der Waals surface area contributed by atoms with Crippen LogP contribution in [0.2, 0.25) is 0 Å². The third-order valence-electron chi connectivity index (χ3n) is 4.62. The summed E-state index contributed by atoms with van der Waals surface area (Å²) in [7, 11) is 0. The van der Waals surface area contributed by atoms with E-state index in [4.69, 9.17) is 4.42 Å². The Labute approximate surface area is 168 Å². The molecule has 2 aromatic heterocycles. The standard InChI is InChI=1S/C23H21N3O3/c1-2-12-26-19-11-10-18(25-23(28)21-9-6-13-29-21)14-16(19)15-20(26)22(27)24-17-7-4-3-5-8-17/h3-11,13-15H,2,12H2,1H3,(H,24,27)(H,25,28). The molecule has 0 aliphatic rings. The number of aryl methyl sites for hydroxylation is 1. The third-order valence-corrected chi connectivity index (χ3v) is 4.62. The summed E-state index contributed by atoms with van der Waals surface area (Å²) in [6.07, 6.45) is 2.35. The van der Waals surface area contributed by atoms with Crippen molar-refractivity contribution >= 4 is 34.1 Å². The SMILES string of the molecule is CCCn1c(C(=O)Nc2ccccc2)cc2cc(NC(=O)c3ccco3)ccc21. The molecule has 0 aliphatic heterocycles. The molecule has 0 aliphatic carbocycles. The smallest absolute Gasteiger partial charge is 0.291 e. The molecule has 2 aromatic carbocycles. The number of rotatable bonds is 6. The molecule has 29 heavy (non-hydrogen) atoms. The van der Waals surface area contributed by atoms with Crippen LogP contribution >= 0.6 is 0 Å². The van der Waals surface area contributed by atoms with Gasteiger partial charge in [-0.2, -0.15) is 0 Å². The summed E-state index contributed by atoms with van der Waals surface area (Å²) in [5, 5.41) is 6.65. The molecule has 2 amide bonds. The minimum atomic E-state index is -0.315. The van der Waals surface area contributed by atoms with Crippen LogP contribution in [0, 0.1) is 0 Å². The maximum absolute atomic E-state index is 12.9. The van der Waals surface area contributed by atoms with Gasteiger partial charge in [0.25, 0.3) is 11.8 Å². The van der Waals surface area contributed by atoms with Crippen LogP contribution in [0.15, 0.2) is 77.4 Å². The zero-order valence-corrected chi connectivity index (χ0v) is 16.0. The van der Waals surface area contributed by atoms with Gasteiger partial charge in [0.1, 0.15) is 5.69 Å². The summed E-state index contributed by atoms with van der Waals surface area (Å²) < 4.78 is 7.13. The third kappa shape index (κ3) is 3.91. The van der Waals surface area contributed by atoms with Crippen LogP contribution in [0.1, 0.15) is 34.4 Å². The summed E-state index contributed by atoms with van der Waals surface area (Å²) in [6, 6.07) is 20.1. The van der Waals surface area contributed by atoms with Crippen molar-refractivity contribution in [2.45, 2.75) is 19.9 Å². The zero-order chi connectivity index (χ0) is 20.2. The molecule has 0 bridgehead atoms. The van der Waals surface area contributed by atoms with Crippen LogP contribution in [-0.2, 0) is 6.54 Å². The minimum Gasteiger partial charge on any atom is -0.459 e. The van der Waals surface area contributed by atoms with Crippen LogP contribution in [0.3, 0.4) is 0 Å². The van der Waals surface area contributed by atoms with Crippen molar-refractivity contribution in [2.24, 2.45) is 0 Å². The molecule has 0 atom stereocenters. The average molecular weight is 387 g/mol. The van der Waals surface area contributed by atoms with Crippen molar-refractivity contribution in [2.75, 3.05) is 10.6 Å². The Hall–Kier alpha value is -3.80. The Morgan fingerprint density at radius 3 is 2.41 bits per heavy atom. The van der Waals surface area contributed by atoms with E-state index in [0.717, 1.165) is 29.6 Å². The number of hydrogen-bond donors (Lipinski definition) is 2. The summed E-state index contributed by atoms with van der Waals surface area (Å²) in [5.41, 5.74) is 2.92.